The van der Waals surface area contributed by atoms with Crippen LogP contribution in [-0.2, 0) is 0 Å². The van der Waals surface area contributed by atoms with E-state index in [1.807, 2.05) is 72.8 Å². The molecule has 0 fully saturated rings. The van der Waals surface area contributed by atoms with Gasteiger partial charge in [0.25, 0.3) is 0 Å². The lowest BCUT2D eigenvalue weighted by atomic mass is 10.0. The van der Waals surface area contributed by atoms with Gasteiger partial charge in [0.1, 0.15) is 0 Å². The Morgan fingerprint density at radius 1 is 0.361 bits per heavy atom. The number of aromatic amines is 2. The zero-order chi connectivity index (χ0) is 41.7. The average Bonchev–Trinajstić information content (AvgIpc) is 4.09. The van der Waals surface area contributed by atoms with Crippen LogP contribution in [0.1, 0.15) is 22.8 Å². The van der Waals surface area contributed by atoms with Gasteiger partial charge in [0.05, 0.1) is 51.2 Å². The molecule has 6 N–H and O–H groups in total. The number of hydrogen-bond donors (Lipinski definition) is 6. The number of rotatable bonds is 8. The number of aromatic nitrogens is 4. The molecule has 0 aliphatic carbocycles. The second kappa shape index (κ2) is 16.1. The van der Waals surface area contributed by atoms with Crippen LogP contribution in [0.4, 0.5) is 0 Å². The van der Waals surface area contributed by atoms with Crippen molar-refractivity contribution in [3.63, 3.8) is 0 Å². The summed E-state index contributed by atoms with van der Waals surface area (Å²) < 4.78 is 21.5. The van der Waals surface area contributed by atoms with Gasteiger partial charge in [-0.3, -0.25) is 0 Å². The summed E-state index contributed by atoms with van der Waals surface area (Å²) in [5.41, 5.74) is 10.5. The van der Waals surface area contributed by atoms with Crippen molar-refractivity contribution < 1.29 is 39.4 Å². The molecule has 0 unspecified atom stereocenters. The second-order valence-electron chi connectivity index (χ2n) is 14.0. The highest BCUT2D eigenvalue weighted by atomic mass is 35.5. The third-order valence-electron chi connectivity index (χ3n) is 10.6. The second-order valence-corrected chi connectivity index (χ2v) is 14.0. The molecule has 7 aromatic rings. The molecule has 4 aromatic carbocycles. The van der Waals surface area contributed by atoms with Crippen LogP contribution in [0.2, 0.25) is 0 Å². The highest BCUT2D eigenvalue weighted by molar-refractivity contribution is 6.00. The Balaban J connectivity index is 0.00000514. The van der Waals surface area contributed by atoms with E-state index >= 15 is 0 Å². The molecule has 306 valence electrons. The van der Waals surface area contributed by atoms with Gasteiger partial charge in [-0.2, -0.15) is 0 Å². The minimum absolute atomic E-state index is 0. The topological polar surface area (TPSA) is 175 Å². The Hall–Kier alpha value is -7.83. The predicted octanol–water partition coefficient (Wildman–Crippen LogP) is 10.6. The van der Waals surface area contributed by atoms with Crippen molar-refractivity contribution in [2.45, 2.75) is 0 Å². The van der Waals surface area contributed by atoms with Crippen LogP contribution in [0.3, 0.4) is 0 Å². The van der Waals surface area contributed by atoms with Crippen molar-refractivity contribution in [3.05, 3.63) is 120 Å². The summed E-state index contributed by atoms with van der Waals surface area (Å²) >= 11 is 0. The molecular formula is C48H39ClN4O8. The largest absolute Gasteiger partial charge is 0.504 e. The van der Waals surface area contributed by atoms with E-state index in [2.05, 4.69) is 9.97 Å². The first-order chi connectivity index (χ1) is 29.2. The third kappa shape index (κ3) is 7.08. The Morgan fingerprint density at radius 3 is 0.787 bits per heavy atom. The van der Waals surface area contributed by atoms with Gasteiger partial charge in [0, 0.05) is 44.3 Å². The van der Waals surface area contributed by atoms with Crippen molar-refractivity contribution in [2.24, 2.45) is 0 Å². The molecule has 0 saturated heterocycles. The first kappa shape index (κ1) is 40.0. The van der Waals surface area contributed by atoms with Gasteiger partial charge in [-0.05, 0) is 119 Å². The minimum atomic E-state index is -0.0419. The zero-order valence-corrected chi connectivity index (χ0v) is 34.1. The smallest absolute Gasteiger partial charge is 0.160 e. The zero-order valence-electron chi connectivity index (χ0n) is 33.3. The molecule has 0 radical (unpaired) electrons. The van der Waals surface area contributed by atoms with Crippen molar-refractivity contribution in [3.8, 4) is 90.5 Å². The number of halogens is 1. The quantitative estimate of drug-likeness (QED) is 0.0864. The number of H-pyrrole nitrogens is 2. The number of aromatic hydroxyl groups is 4. The van der Waals surface area contributed by atoms with Gasteiger partial charge in [-0.15, -0.1) is 12.4 Å². The summed E-state index contributed by atoms with van der Waals surface area (Å²) in [6.07, 6.45) is 7.64. The number of ether oxygens (including phenoxy) is 4. The summed E-state index contributed by atoms with van der Waals surface area (Å²) in [5.74, 6) is 1.12. The minimum Gasteiger partial charge on any atom is -0.504 e. The maximum atomic E-state index is 11.0. The molecule has 0 saturated carbocycles. The fourth-order valence-corrected chi connectivity index (χ4v) is 7.80. The molecule has 5 heterocycles. The van der Waals surface area contributed by atoms with Gasteiger partial charge in [-0.1, -0.05) is 24.3 Å². The summed E-state index contributed by atoms with van der Waals surface area (Å²) in [6, 6.07) is 28.5. The highest BCUT2D eigenvalue weighted by Gasteiger charge is 2.21. The van der Waals surface area contributed by atoms with E-state index in [9.17, 15) is 20.4 Å². The van der Waals surface area contributed by atoms with Gasteiger partial charge in [0.2, 0.25) is 0 Å². The molecule has 8 bridgehead atoms. The number of phenols is 4. The van der Waals surface area contributed by atoms with Crippen molar-refractivity contribution in [2.75, 3.05) is 28.4 Å². The molecule has 2 aliphatic heterocycles. The SMILES string of the molecule is COc1ccc(-c2c3nc(c(-c4ccc(OC)c(O)c4)c4ccc([nH]4)c(-c4ccc(OC)c(O)c4)c4nc(c(-c5ccc(OC)c(O)c5)c5ccc2[nH]5)C=C4)C=C3)cc1O.Cl. The summed E-state index contributed by atoms with van der Waals surface area (Å²) in [7, 11) is 5.98. The van der Waals surface area contributed by atoms with Crippen LogP contribution in [0.15, 0.2) is 97.1 Å². The maximum absolute atomic E-state index is 11.0. The third-order valence-corrected chi connectivity index (χ3v) is 10.6. The van der Waals surface area contributed by atoms with Crippen molar-refractivity contribution in [1.29, 1.82) is 0 Å². The van der Waals surface area contributed by atoms with Crippen molar-refractivity contribution >= 4 is 58.8 Å². The first-order valence-electron chi connectivity index (χ1n) is 18.8. The molecule has 13 heteroatoms. The standard InChI is InChI=1S/C48H38N4O8.ClH/c1-57-41-17-5-25(21-37(41)53)45-29-9-11-31(49-29)46(26-6-18-42(58-2)38(54)22-26)33-13-15-35(51-33)48(28-8-20-44(60-4)40(56)24-28)36-16-14-34(52-36)47(32-12-10-30(45)50-32)27-7-19-43(59-3)39(55)23-27;/h5-24,49,52-56H,1-4H3;1H. The van der Waals surface area contributed by atoms with E-state index in [4.69, 9.17) is 28.9 Å². The Bertz CT molecular complexity index is 2710. The van der Waals surface area contributed by atoms with Gasteiger partial charge < -0.3 is 49.3 Å². The maximum Gasteiger partial charge on any atom is 0.160 e. The van der Waals surface area contributed by atoms with Crippen LogP contribution in [0, 0.1) is 0 Å². The molecule has 3 aromatic heterocycles. The Kier molecular flexibility index (Phi) is 10.5. The number of methoxy groups -OCH3 is 4. The number of hydrogen-bond acceptors (Lipinski definition) is 10. The number of nitrogens with one attached hydrogen (secondary N) is 2. The lowest BCUT2D eigenvalue weighted by Crippen LogP contribution is -1.91. The van der Waals surface area contributed by atoms with Gasteiger partial charge in [0.15, 0.2) is 46.0 Å². The molecule has 9 rings (SSSR count). The number of fused-ring (bicyclic) bond motifs is 8. The summed E-state index contributed by atoms with van der Waals surface area (Å²) in [4.78, 5) is 17.7. The predicted molar refractivity (Wildman–Crippen MR) is 241 cm³/mol. The normalized spacial score (nSPS) is 11.6. The van der Waals surface area contributed by atoms with Crippen LogP contribution in [-0.4, -0.2) is 68.8 Å². The van der Waals surface area contributed by atoms with Crippen LogP contribution >= 0.6 is 12.4 Å². The van der Waals surface area contributed by atoms with Crippen LogP contribution < -0.4 is 18.9 Å². The monoisotopic (exact) mass is 834 g/mol. The van der Waals surface area contributed by atoms with Gasteiger partial charge in [-0.25, -0.2) is 9.97 Å². The average molecular weight is 835 g/mol. The van der Waals surface area contributed by atoms with E-state index in [1.165, 1.54) is 28.4 Å². The number of phenolic OH excluding ortho intramolecular Hbond substituents is 4. The lowest BCUT2D eigenvalue weighted by molar-refractivity contribution is 0.373. The molecule has 0 spiro atoms. The van der Waals surface area contributed by atoms with Crippen LogP contribution in [0.5, 0.6) is 46.0 Å². The summed E-state index contributed by atoms with van der Waals surface area (Å²) in [6.45, 7) is 0. The molecule has 0 atom stereocenters. The number of benzene rings is 4. The van der Waals surface area contributed by atoms with E-state index < -0.39 is 0 Å². The Morgan fingerprint density at radius 2 is 0.590 bits per heavy atom. The molecular weight excluding hydrogens is 796 g/mol. The van der Waals surface area contributed by atoms with E-state index in [1.54, 1.807) is 48.5 Å². The molecule has 0 amide bonds. The molecule has 12 nitrogen and oxygen atoms in total. The molecule has 2 aliphatic rings. The van der Waals surface area contributed by atoms with Gasteiger partial charge >= 0.3 is 0 Å². The lowest BCUT2D eigenvalue weighted by Gasteiger charge is -2.10. The van der Waals surface area contributed by atoms with E-state index in [0.717, 1.165) is 0 Å². The van der Waals surface area contributed by atoms with Crippen LogP contribution in [0.25, 0.3) is 90.9 Å². The summed E-state index contributed by atoms with van der Waals surface area (Å²) in [5, 5.41) is 44.0. The van der Waals surface area contributed by atoms with E-state index in [0.29, 0.717) is 112 Å². The van der Waals surface area contributed by atoms with E-state index in [-0.39, 0.29) is 35.4 Å². The fourth-order valence-electron chi connectivity index (χ4n) is 7.80. The first-order valence-corrected chi connectivity index (χ1v) is 18.8. The Labute approximate surface area is 355 Å². The fraction of sp³-hybridized carbons (Fsp3) is 0.0833. The molecule has 61 heavy (non-hydrogen) atoms. The highest BCUT2D eigenvalue weighted by Crippen LogP contribution is 2.43. The van der Waals surface area contributed by atoms with Crippen molar-refractivity contribution in [1.82, 2.24) is 19.9 Å². The number of nitrogens with zero attached hydrogens (tertiary/aromatic N) is 2.